The second-order valence-corrected chi connectivity index (χ2v) is 11.0. The monoisotopic (exact) mass is 461 g/mol. The van der Waals surface area contributed by atoms with Crippen LogP contribution in [0.4, 0.5) is 5.69 Å². The summed E-state index contributed by atoms with van der Waals surface area (Å²) in [6.07, 6.45) is 4.10. The molecule has 33 heavy (non-hydrogen) atoms. The van der Waals surface area contributed by atoms with E-state index in [4.69, 9.17) is 4.98 Å². The van der Waals surface area contributed by atoms with Gasteiger partial charge in [0.05, 0.1) is 22.3 Å². The summed E-state index contributed by atoms with van der Waals surface area (Å²) in [6, 6.07) is 16.4. The van der Waals surface area contributed by atoms with Crippen LogP contribution in [-0.2, 0) is 21.1 Å². The van der Waals surface area contributed by atoms with Gasteiger partial charge >= 0.3 is 0 Å². The van der Waals surface area contributed by atoms with Crippen molar-refractivity contribution in [2.75, 3.05) is 5.32 Å². The van der Waals surface area contributed by atoms with Crippen molar-refractivity contribution in [3.8, 4) is 11.3 Å². The van der Waals surface area contributed by atoms with Crippen LogP contribution in [0.5, 0.6) is 0 Å². The Kier molecular flexibility index (Phi) is 6.08. The molecule has 0 aliphatic rings. The van der Waals surface area contributed by atoms with Crippen LogP contribution in [0.25, 0.3) is 16.9 Å². The fraction of sp³-hybridized carbons (Fsp3) is 0.231. The summed E-state index contributed by atoms with van der Waals surface area (Å²) in [4.78, 5) is 17.7. The predicted octanol–water partition coefficient (Wildman–Crippen LogP) is 4.98. The number of nitrogens with one attached hydrogen (secondary N) is 1. The SMILES string of the molecule is Cc1ccc(-c2cn3cccc(C)c3n2)cc1NC(=O)Cc1ccc(S(=O)(=O)C(C)C)cc1. The minimum atomic E-state index is -3.33. The maximum atomic E-state index is 12.7. The highest BCUT2D eigenvalue weighted by Gasteiger charge is 2.19. The van der Waals surface area contributed by atoms with Crippen LogP contribution in [0.15, 0.2) is 71.9 Å². The molecule has 2 aromatic carbocycles. The number of pyridine rings is 1. The Morgan fingerprint density at radius 2 is 1.76 bits per heavy atom. The summed E-state index contributed by atoms with van der Waals surface area (Å²) in [5.41, 5.74) is 6.18. The Balaban J connectivity index is 1.52. The van der Waals surface area contributed by atoms with Gasteiger partial charge < -0.3 is 9.72 Å². The second kappa shape index (κ2) is 8.83. The molecule has 0 aliphatic carbocycles. The lowest BCUT2D eigenvalue weighted by atomic mass is 10.1. The molecule has 2 heterocycles. The zero-order chi connectivity index (χ0) is 23.8. The first-order valence-corrected chi connectivity index (χ1v) is 12.4. The molecule has 0 bridgehead atoms. The number of carbonyl (C=O) groups is 1. The van der Waals surface area contributed by atoms with Crippen LogP contribution in [0.2, 0.25) is 0 Å². The number of nitrogens with zero attached hydrogens (tertiary/aromatic N) is 2. The van der Waals surface area contributed by atoms with Crippen LogP contribution < -0.4 is 5.32 Å². The van der Waals surface area contributed by atoms with Crippen LogP contribution in [-0.4, -0.2) is 29.0 Å². The van der Waals surface area contributed by atoms with E-state index in [9.17, 15) is 13.2 Å². The maximum Gasteiger partial charge on any atom is 0.228 e. The van der Waals surface area contributed by atoms with Gasteiger partial charge in [-0.3, -0.25) is 4.79 Å². The highest BCUT2D eigenvalue weighted by Crippen LogP contribution is 2.26. The molecule has 7 heteroatoms. The molecule has 1 amide bonds. The number of anilines is 1. The van der Waals surface area contributed by atoms with Crippen molar-refractivity contribution in [2.45, 2.75) is 44.3 Å². The summed E-state index contributed by atoms with van der Waals surface area (Å²) < 4.78 is 26.6. The van der Waals surface area contributed by atoms with Crippen LogP contribution in [0.1, 0.15) is 30.5 Å². The highest BCUT2D eigenvalue weighted by molar-refractivity contribution is 7.92. The van der Waals surface area contributed by atoms with E-state index >= 15 is 0 Å². The van der Waals surface area contributed by atoms with Gasteiger partial charge in [0, 0.05) is 23.6 Å². The van der Waals surface area contributed by atoms with Gasteiger partial charge in [-0.15, -0.1) is 0 Å². The van der Waals surface area contributed by atoms with Crippen molar-refractivity contribution in [3.05, 3.63) is 83.7 Å². The molecule has 6 nitrogen and oxygen atoms in total. The lowest BCUT2D eigenvalue weighted by Gasteiger charge is -2.11. The number of aromatic nitrogens is 2. The molecule has 2 aromatic heterocycles. The van der Waals surface area contributed by atoms with E-state index in [-0.39, 0.29) is 17.2 Å². The molecule has 0 spiro atoms. The number of aryl methyl sites for hydroxylation is 2. The number of sulfone groups is 1. The van der Waals surface area contributed by atoms with Crippen LogP contribution >= 0.6 is 0 Å². The topological polar surface area (TPSA) is 80.5 Å². The summed E-state index contributed by atoms with van der Waals surface area (Å²) in [5.74, 6) is -0.166. The number of carbonyl (C=O) groups excluding carboxylic acids is 1. The molecule has 0 fully saturated rings. The minimum Gasteiger partial charge on any atom is -0.326 e. The average molecular weight is 462 g/mol. The number of hydrogen-bond donors (Lipinski definition) is 1. The summed E-state index contributed by atoms with van der Waals surface area (Å²) in [6.45, 7) is 7.28. The van der Waals surface area contributed by atoms with Gasteiger partial charge in [0.25, 0.3) is 0 Å². The molecule has 0 saturated heterocycles. The van der Waals surface area contributed by atoms with Crippen molar-refractivity contribution in [3.63, 3.8) is 0 Å². The van der Waals surface area contributed by atoms with Crippen LogP contribution in [0.3, 0.4) is 0 Å². The molecule has 4 aromatic rings. The molecule has 170 valence electrons. The Labute approximate surface area is 194 Å². The molecule has 0 saturated carbocycles. The third-order valence-electron chi connectivity index (χ3n) is 5.72. The van der Waals surface area contributed by atoms with Crippen molar-refractivity contribution in [1.29, 1.82) is 0 Å². The number of benzene rings is 2. The second-order valence-electron chi connectivity index (χ2n) is 8.54. The summed E-state index contributed by atoms with van der Waals surface area (Å²) in [7, 11) is -3.33. The van der Waals surface area contributed by atoms with E-state index in [1.165, 1.54) is 0 Å². The highest BCUT2D eigenvalue weighted by atomic mass is 32.2. The molecule has 0 radical (unpaired) electrons. The van der Waals surface area contributed by atoms with Crippen molar-refractivity contribution in [2.24, 2.45) is 0 Å². The fourth-order valence-electron chi connectivity index (χ4n) is 3.66. The number of amides is 1. The van der Waals surface area contributed by atoms with Crippen molar-refractivity contribution < 1.29 is 13.2 Å². The number of fused-ring (bicyclic) bond motifs is 1. The standard InChI is InChI=1S/C26H27N3O3S/c1-17(2)33(31,32)22-11-8-20(9-12-22)14-25(30)27-23-15-21(10-7-18(23)3)24-16-29-13-5-6-19(4)26(29)28-24/h5-13,15-17H,14H2,1-4H3,(H,27,30). The van der Waals surface area contributed by atoms with E-state index in [0.29, 0.717) is 0 Å². The number of hydrogen-bond acceptors (Lipinski definition) is 4. The van der Waals surface area contributed by atoms with Gasteiger partial charge in [-0.25, -0.2) is 13.4 Å². The van der Waals surface area contributed by atoms with Gasteiger partial charge in [-0.05, 0) is 68.7 Å². The van der Waals surface area contributed by atoms with Gasteiger partial charge in [0.1, 0.15) is 5.65 Å². The zero-order valence-electron chi connectivity index (χ0n) is 19.2. The summed E-state index contributed by atoms with van der Waals surface area (Å²) >= 11 is 0. The van der Waals surface area contributed by atoms with Crippen molar-refractivity contribution >= 4 is 27.1 Å². The fourth-order valence-corrected chi connectivity index (χ4v) is 4.72. The lowest BCUT2D eigenvalue weighted by Crippen LogP contribution is -2.16. The quantitative estimate of drug-likeness (QED) is 0.439. The first kappa shape index (κ1) is 22.7. The van der Waals surface area contributed by atoms with Gasteiger partial charge in [0.15, 0.2) is 9.84 Å². The Bertz CT molecular complexity index is 1440. The van der Waals surface area contributed by atoms with Gasteiger partial charge in [-0.1, -0.05) is 30.3 Å². The largest absolute Gasteiger partial charge is 0.326 e. The smallest absolute Gasteiger partial charge is 0.228 e. The minimum absolute atomic E-state index is 0.152. The molecule has 0 unspecified atom stereocenters. The Hall–Kier alpha value is -3.45. The van der Waals surface area contributed by atoms with Crippen molar-refractivity contribution in [1.82, 2.24) is 9.38 Å². The molecular weight excluding hydrogens is 434 g/mol. The van der Waals surface area contributed by atoms with Crippen LogP contribution in [0, 0.1) is 13.8 Å². The lowest BCUT2D eigenvalue weighted by molar-refractivity contribution is -0.115. The van der Waals surface area contributed by atoms with Gasteiger partial charge in [-0.2, -0.15) is 0 Å². The van der Waals surface area contributed by atoms with E-state index < -0.39 is 15.1 Å². The third-order valence-corrected chi connectivity index (χ3v) is 7.89. The first-order chi connectivity index (χ1) is 15.6. The molecule has 4 rings (SSSR count). The number of rotatable bonds is 6. The maximum absolute atomic E-state index is 12.7. The van der Waals surface area contributed by atoms with E-state index in [1.54, 1.807) is 38.1 Å². The molecule has 1 N–H and O–H groups in total. The first-order valence-electron chi connectivity index (χ1n) is 10.8. The molecule has 0 atom stereocenters. The van der Waals surface area contributed by atoms with E-state index in [0.717, 1.165) is 39.3 Å². The third kappa shape index (κ3) is 4.68. The molecule has 0 aliphatic heterocycles. The Morgan fingerprint density at radius 1 is 1.03 bits per heavy atom. The molecular formula is C26H27N3O3S. The van der Waals surface area contributed by atoms with E-state index in [1.807, 2.05) is 61.0 Å². The normalized spacial score (nSPS) is 11.8. The number of imidazole rings is 1. The Morgan fingerprint density at radius 3 is 2.42 bits per heavy atom. The van der Waals surface area contributed by atoms with Gasteiger partial charge in [0.2, 0.25) is 5.91 Å². The average Bonchev–Trinajstić information content (AvgIpc) is 3.21. The van der Waals surface area contributed by atoms with E-state index in [2.05, 4.69) is 5.32 Å². The zero-order valence-corrected chi connectivity index (χ0v) is 20.0. The predicted molar refractivity (Wildman–Crippen MR) is 131 cm³/mol. The summed E-state index contributed by atoms with van der Waals surface area (Å²) in [5, 5.41) is 2.50.